The number of aliphatic hydroxyl groups is 1. The number of rotatable bonds is 8. The largest absolute Gasteiger partial charge is 0.387 e. The number of piperidine rings is 1. The molecule has 3 N–H and O–H groups in total. The van der Waals surface area contributed by atoms with Crippen molar-refractivity contribution in [3.8, 4) is 0 Å². The van der Waals surface area contributed by atoms with Crippen molar-refractivity contribution in [3.05, 3.63) is 25.3 Å². The zero-order valence-corrected chi connectivity index (χ0v) is 20.2. The van der Waals surface area contributed by atoms with E-state index in [9.17, 15) is 5.11 Å². The molecule has 13 heteroatoms. The SMILES string of the molecule is COCCn1cnc2c(N(C)CCN3CC[C@H](n4cnc5c(N)ncnc54)[C@@](C)(O)C3)ncnc21. The van der Waals surface area contributed by atoms with Crippen molar-refractivity contribution >= 4 is 34.0 Å². The first-order chi connectivity index (χ1) is 16.9. The van der Waals surface area contributed by atoms with Crippen LogP contribution in [0.4, 0.5) is 11.6 Å². The molecule has 186 valence electrons. The summed E-state index contributed by atoms with van der Waals surface area (Å²) in [5, 5.41) is 11.4. The van der Waals surface area contributed by atoms with Crippen LogP contribution >= 0.6 is 0 Å². The molecule has 0 amide bonds. The number of nitrogens with zero attached hydrogens (tertiary/aromatic N) is 10. The molecule has 1 saturated heterocycles. The van der Waals surface area contributed by atoms with Crippen LogP contribution in [0.3, 0.4) is 0 Å². The van der Waals surface area contributed by atoms with Gasteiger partial charge in [0.25, 0.3) is 0 Å². The van der Waals surface area contributed by atoms with Gasteiger partial charge in [-0.05, 0) is 13.3 Å². The lowest BCUT2D eigenvalue weighted by Gasteiger charge is -2.43. The summed E-state index contributed by atoms with van der Waals surface area (Å²) < 4.78 is 9.07. The molecule has 1 aliphatic rings. The maximum Gasteiger partial charge on any atom is 0.165 e. The number of hydrogen-bond donors (Lipinski definition) is 2. The van der Waals surface area contributed by atoms with Gasteiger partial charge in [-0.1, -0.05) is 0 Å². The van der Waals surface area contributed by atoms with Crippen molar-refractivity contribution in [2.45, 2.75) is 31.5 Å². The molecule has 1 aliphatic heterocycles. The van der Waals surface area contributed by atoms with E-state index in [4.69, 9.17) is 10.5 Å². The Morgan fingerprint density at radius 1 is 1.09 bits per heavy atom. The maximum absolute atomic E-state index is 11.4. The topological polar surface area (TPSA) is 149 Å². The van der Waals surface area contributed by atoms with Crippen molar-refractivity contribution in [1.29, 1.82) is 0 Å². The number of ether oxygens (including phenoxy) is 1. The van der Waals surface area contributed by atoms with Crippen LogP contribution in [0.2, 0.25) is 0 Å². The Hall–Kier alpha value is -3.42. The molecule has 1 fully saturated rings. The second kappa shape index (κ2) is 9.32. The molecule has 0 radical (unpaired) electrons. The smallest absolute Gasteiger partial charge is 0.165 e. The minimum Gasteiger partial charge on any atom is -0.387 e. The van der Waals surface area contributed by atoms with E-state index in [2.05, 4.69) is 39.7 Å². The molecule has 0 spiro atoms. The number of hydrogen-bond acceptors (Lipinski definition) is 11. The summed E-state index contributed by atoms with van der Waals surface area (Å²) in [4.78, 5) is 30.5. The number of aromatic nitrogens is 8. The van der Waals surface area contributed by atoms with Crippen molar-refractivity contribution in [2.24, 2.45) is 0 Å². The van der Waals surface area contributed by atoms with E-state index >= 15 is 0 Å². The monoisotopic (exact) mass is 481 g/mol. The average molecular weight is 482 g/mol. The van der Waals surface area contributed by atoms with E-state index < -0.39 is 5.60 Å². The van der Waals surface area contributed by atoms with Crippen LogP contribution in [-0.2, 0) is 11.3 Å². The van der Waals surface area contributed by atoms with E-state index in [0.717, 1.165) is 43.0 Å². The second-order valence-electron chi connectivity index (χ2n) is 9.24. The number of anilines is 2. The van der Waals surface area contributed by atoms with Gasteiger partial charge >= 0.3 is 0 Å². The molecule has 13 nitrogen and oxygen atoms in total. The predicted octanol–water partition coefficient (Wildman–Crippen LogP) is 0.329. The summed E-state index contributed by atoms with van der Waals surface area (Å²) in [7, 11) is 3.68. The Labute approximate surface area is 202 Å². The third-order valence-electron chi connectivity index (χ3n) is 6.73. The van der Waals surface area contributed by atoms with Gasteiger partial charge in [-0.3, -0.25) is 4.90 Å². The molecule has 5 heterocycles. The third-order valence-corrected chi connectivity index (χ3v) is 6.73. The summed E-state index contributed by atoms with van der Waals surface area (Å²) in [6, 6.07) is -0.159. The fourth-order valence-corrected chi connectivity index (χ4v) is 4.88. The number of likely N-dealkylation sites (N-methyl/N-ethyl adjacent to an activating group) is 1. The first-order valence-corrected chi connectivity index (χ1v) is 11.6. The molecule has 4 aromatic heterocycles. The highest BCUT2D eigenvalue weighted by atomic mass is 16.5. The number of nitrogen functional groups attached to an aromatic ring is 1. The molecule has 2 atom stereocenters. The Bertz CT molecular complexity index is 1320. The van der Waals surface area contributed by atoms with Gasteiger partial charge < -0.3 is 29.6 Å². The summed E-state index contributed by atoms with van der Waals surface area (Å²) >= 11 is 0. The van der Waals surface area contributed by atoms with Gasteiger partial charge in [-0.25, -0.2) is 29.9 Å². The molecule has 5 rings (SSSR count). The van der Waals surface area contributed by atoms with Crippen LogP contribution in [0.1, 0.15) is 19.4 Å². The summed E-state index contributed by atoms with van der Waals surface area (Å²) in [5.41, 5.74) is 7.74. The van der Waals surface area contributed by atoms with Gasteiger partial charge in [-0.2, -0.15) is 0 Å². The first-order valence-electron chi connectivity index (χ1n) is 11.6. The maximum atomic E-state index is 11.4. The minimum atomic E-state index is -0.966. The van der Waals surface area contributed by atoms with E-state index in [0.29, 0.717) is 36.7 Å². The molecule has 0 aromatic carbocycles. The lowest BCUT2D eigenvalue weighted by molar-refractivity contribution is -0.0547. The summed E-state index contributed by atoms with van der Waals surface area (Å²) in [6.07, 6.45) is 7.23. The highest BCUT2D eigenvalue weighted by molar-refractivity contribution is 5.83. The fraction of sp³-hybridized carbons (Fsp3) is 0.545. The summed E-state index contributed by atoms with van der Waals surface area (Å²) in [6.45, 7) is 6.00. The minimum absolute atomic E-state index is 0.159. The third kappa shape index (κ3) is 4.37. The average Bonchev–Trinajstić information content (AvgIpc) is 3.46. The second-order valence-corrected chi connectivity index (χ2v) is 9.24. The lowest BCUT2D eigenvalue weighted by Crippen LogP contribution is -2.53. The predicted molar refractivity (Wildman–Crippen MR) is 131 cm³/mol. The Morgan fingerprint density at radius 2 is 1.86 bits per heavy atom. The van der Waals surface area contributed by atoms with Crippen LogP contribution in [0.15, 0.2) is 25.3 Å². The van der Waals surface area contributed by atoms with Gasteiger partial charge in [0.05, 0.1) is 30.9 Å². The van der Waals surface area contributed by atoms with E-state index in [1.54, 1.807) is 26.1 Å². The van der Waals surface area contributed by atoms with Crippen LogP contribution in [-0.4, -0.2) is 102 Å². The normalized spacial score (nSPS) is 21.2. The number of fused-ring (bicyclic) bond motifs is 2. The van der Waals surface area contributed by atoms with Gasteiger partial charge in [0, 0.05) is 46.9 Å². The van der Waals surface area contributed by atoms with E-state index in [1.807, 2.05) is 23.1 Å². The van der Waals surface area contributed by atoms with Crippen LogP contribution < -0.4 is 10.6 Å². The highest BCUT2D eigenvalue weighted by Crippen LogP contribution is 2.34. The Kier molecular flexibility index (Phi) is 6.21. The molecule has 0 bridgehead atoms. The standard InChI is InChI=1S/C22H31N11O2/c1-22(34)10-31(5-4-15(22)33-14-29-16-18(23)24-11-27-21(16)33)7-6-30(2)19-17-20(26-12-25-19)32(13-28-17)8-9-35-3/h11-15,34H,4-10H2,1-3H3,(H2,23,24,27)/t15-,22-/m0/s1. The highest BCUT2D eigenvalue weighted by Gasteiger charge is 2.40. The first kappa shape index (κ1) is 23.3. The Balaban J connectivity index is 1.25. The molecule has 0 saturated carbocycles. The summed E-state index contributed by atoms with van der Waals surface area (Å²) in [5.74, 6) is 1.13. The number of β-amino-alcohol motifs (C(OH)–C–C–N with tert-alkyl or cyclic N) is 1. The van der Waals surface area contributed by atoms with Crippen molar-refractivity contribution in [1.82, 2.24) is 43.9 Å². The van der Waals surface area contributed by atoms with Crippen LogP contribution in [0.5, 0.6) is 0 Å². The van der Waals surface area contributed by atoms with E-state index in [-0.39, 0.29) is 6.04 Å². The molecular formula is C22H31N11O2. The zero-order valence-electron chi connectivity index (χ0n) is 20.2. The van der Waals surface area contributed by atoms with Crippen LogP contribution in [0, 0.1) is 0 Å². The van der Waals surface area contributed by atoms with Gasteiger partial charge in [-0.15, -0.1) is 0 Å². The van der Waals surface area contributed by atoms with Crippen LogP contribution in [0.25, 0.3) is 22.3 Å². The van der Waals surface area contributed by atoms with E-state index in [1.165, 1.54) is 6.33 Å². The van der Waals surface area contributed by atoms with Gasteiger partial charge in [0.2, 0.25) is 0 Å². The molecule has 0 aliphatic carbocycles. The number of imidazole rings is 2. The zero-order chi connectivity index (χ0) is 24.6. The molecular weight excluding hydrogens is 450 g/mol. The van der Waals surface area contributed by atoms with Gasteiger partial charge in [0.1, 0.15) is 18.2 Å². The number of likely N-dealkylation sites (tertiary alicyclic amines) is 1. The quantitative estimate of drug-likeness (QED) is 0.358. The molecule has 4 aromatic rings. The van der Waals surface area contributed by atoms with Gasteiger partial charge in [0.15, 0.2) is 28.4 Å². The lowest BCUT2D eigenvalue weighted by atomic mass is 9.89. The van der Waals surface area contributed by atoms with Crippen molar-refractivity contribution in [2.75, 3.05) is 57.6 Å². The van der Waals surface area contributed by atoms with Crippen molar-refractivity contribution in [3.63, 3.8) is 0 Å². The van der Waals surface area contributed by atoms with Crippen molar-refractivity contribution < 1.29 is 9.84 Å². The number of methoxy groups -OCH3 is 1. The fourth-order valence-electron chi connectivity index (χ4n) is 4.88. The Morgan fingerprint density at radius 3 is 2.66 bits per heavy atom. The number of nitrogens with two attached hydrogens (primary N) is 1. The molecule has 35 heavy (non-hydrogen) atoms. The molecule has 0 unspecified atom stereocenters.